The molecule has 0 bridgehead atoms. The van der Waals surface area contributed by atoms with Gasteiger partial charge in [-0.3, -0.25) is 0 Å². The third kappa shape index (κ3) is 3.61. The first-order valence-electron chi connectivity index (χ1n) is 4.54. The second-order valence-corrected chi connectivity index (χ2v) is 4.53. The molecule has 0 aliphatic rings. The van der Waals surface area contributed by atoms with Gasteiger partial charge in [0, 0.05) is 15.7 Å². The Kier molecular flexibility index (Phi) is 4.86. The molecule has 1 rings (SSSR count). The molecule has 0 heterocycles. The predicted molar refractivity (Wildman–Crippen MR) is 61.6 cm³/mol. The van der Waals surface area contributed by atoms with Gasteiger partial charge in [-0.1, -0.05) is 18.5 Å². The van der Waals surface area contributed by atoms with Crippen LogP contribution in [-0.2, 0) is 0 Å². The van der Waals surface area contributed by atoms with Crippen molar-refractivity contribution < 1.29 is 0 Å². The topological polar surface area (TPSA) is 23.8 Å². The van der Waals surface area contributed by atoms with Crippen LogP contribution >= 0.6 is 23.4 Å². The monoisotopic (exact) mass is 225 g/mol. The number of hydrogen-bond donors (Lipinski definition) is 0. The molecule has 0 aliphatic heterocycles. The van der Waals surface area contributed by atoms with Crippen LogP contribution in [-0.4, -0.2) is 5.75 Å². The largest absolute Gasteiger partial charge is 0.198 e. The Hall–Kier alpha value is -0.650. The second-order valence-electron chi connectivity index (χ2n) is 3.00. The van der Waals surface area contributed by atoms with Crippen molar-refractivity contribution in [2.45, 2.75) is 18.2 Å². The van der Waals surface area contributed by atoms with Crippen molar-refractivity contribution >= 4 is 23.4 Å². The van der Waals surface area contributed by atoms with Crippen LogP contribution in [0.3, 0.4) is 0 Å². The maximum Gasteiger partial charge on any atom is 0.0664 e. The van der Waals surface area contributed by atoms with Crippen molar-refractivity contribution in [3.8, 4) is 6.07 Å². The molecule has 3 heteroatoms. The van der Waals surface area contributed by atoms with Gasteiger partial charge in [0.25, 0.3) is 0 Å². The molecule has 0 radical (unpaired) electrons. The lowest BCUT2D eigenvalue weighted by molar-refractivity contribution is 0.724. The van der Waals surface area contributed by atoms with Gasteiger partial charge in [0.2, 0.25) is 0 Å². The van der Waals surface area contributed by atoms with E-state index in [0.29, 0.717) is 0 Å². The van der Waals surface area contributed by atoms with Crippen molar-refractivity contribution in [3.05, 3.63) is 29.3 Å². The van der Waals surface area contributed by atoms with Crippen LogP contribution in [0.4, 0.5) is 0 Å². The van der Waals surface area contributed by atoms with Gasteiger partial charge in [-0.25, -0.2) is 0 Å². The smallest absolute Gasteiger partial charge is 0.0664 e. The molecule has 1 atom stereocenters. The molecule has 0 saturated carbocycles. The van der Waals surface area contributed by atoms with E-state index in [1.807, 2.05) is 31.2 Å². The molecule has 0 saturated heterocycles. The molecule has 74 valence electrons. The summed E-state index contributed by atoms with van der Waals surface area (Å²) in [5.41, 5.74) is 0. The first kappa shape index (κ1) is 11.4. The molecule has 0 aliphatic carbocycles. The third-order valence-corrected chi connectivity index (χ3v) is 3.37. The lowest BCUT2D eigenvalue weighted by Crippen LogP contribution is -1.97. The summed E-state index contributed by atoms with van der Waals surface area (Å²) in [6.45, 7) is 2.04. The molecule has 1 nitrogen and oxygen atoms in total. The Morgan fingerprint density at radius 2 is 2.07 bits per heavy atom. The highest BCUT2D eigenvalue weighted by atomic mass is 35.5. The van der Waals surface area contributed by atoms with E-state index in [4.69, 9.17) is 16.9 Å². The highest BCUT2D eigenvalue weighted by Gasteiger charge is 2.04. The van der Waals surface area contributed by atoms with Gasteiger partial charge < -0.3 is 0 Å². The number of halogens is 1. The highest BCUT2D eigenvalue weighted by molar-refractivity contribution is 7.99. The number of hydrogen-bond acceptors (Lipinski definition) is 2. The van der Waals surface area contributed by atoms with Crippen LogP contribution in [0, 0.1) is 17.2 Å². The maximum atomic E-state index is 8.76. The van der Waals surface area contributed by atoms with Crippen LogP contribution < -0.4 is 0 Å². The van der Waals surface area contributed by atoms with Gasteiger partial charge in [0.05, 0.1) is 12.0 Å². The second kappa shape index (κ2) is 5.95. The SMILES string of the molecule is CCC(C#N)CSc1ccc(Cl)cc1. The third-order valence-electron chi connectivity index (χ3n) is 1.94. The van der Waals surface area contributed by atoms with Gasteiger partial charge in [-0.05, 0) is 30.7 Å². The molecule has 0 fully saturated rings. The number of nitriles is 1. The lowest BCUT2D eigenvalue weighted by Gasteiger charge is -2.05. The molecule has 0 spiro atoms. The summed E-state index contributed by atoms with van der Waals surface area (Å²) in [7, 11) is 0. The fraction of sp³-hybridized carbons (Fsp3) is 0.364. The van der Waals surface area contributed by atoms with E-state index in [9.17, 15) is 0 Å². The number of benzene rings is 1. The normalized spacial score (nSPS) is 12.1. The van der Waals surface area contributed by atoms with Gasteiger partial charge in [-0.2, -0.15) is 5.26 Å². The molecule has 0 N–H and O–H groups in total. The van der Waals surface area contributed by atoms with Crippen molar-refractivity contribution in [2.24, 2.45) is 5.92 Å². The Morgan fingerprint density at radius 1 is 1.43 bits per heavy atom. The zero-order chi connectivity index (χ0) is 10.4. The number of nitrogens with zero attached hydrogens (tertiary/aromatic N) is 1. The summed E-state index contributed by atoms with van der Waals surface area (Å²) in [6.07, 6.45) is 0.914. The summed E-state index contributed by atoms with van der Waals surface area (Å²) in [4.78, 5) is 1.17. The van der Waals surface area contributed by atoms with E-state index >= 15 is 0 Å². The van der Waals surface area contributed by atoms with E-state index in [1.54, 1.807) is 11.8 Å². The highest BCUT2D eigenvalue weighted by Crippen LogP contribution is 2.23. The standard InChI is InChI=1S/C11H12ClNS/c1-2-9(7-13)8-14-11-5-3-10(12)4-6-11/h3-6,9H,2,8H2,1H3. The Balaban J connectivity index is 2.46. The summed E-state index contributed by atoms with van der Waals surface area (Å²) in [5.74, 6) is 1.00. The Bertz CT molecular complexity index is 315. The van der Waals surface area contributed by atoms with Gasteiger partial charge in [0.15, 0.2) is 0 Å². The summed E-state index contributed by atoms with van der Waals surface area (Å²) in [6, 6.07) is 10.00. The zero-order valence-corrected chi connectivity index (χ0v) is 9.61. The van der Waals surface area contributed by atoms with Crippen LogP contribution in [0.1, 0.15) is 13.3 Å². The molecular weight excluding hydrogens is 214 g/mol. The Labute approximate surface area is 94.1 Å². The van der Waals surface area contributed by atoms with E-state index in [-0.39, 0.29) is 5.92 Å². The van der Waals surface area contributed by atoms with Gasteiger partial charge in [-0.15, -0.1) is 11.8 Å². The van der Waals surface area contributed by atoms with E-state index < -0.39 is 0 Å². The van der Waals surface area contributed by atoms with Gasteiger partial charge >= 0.3 is 0 Å². The zero-order valence-electron chi connectivity index (χ0n) is 8.03. The van der Waals surface area contributed by atoms with Crippen LogP contribution in [0.25, 0.3) is 0 Å². The minimum Gasteiger partial charge on any atom is -0.198 e. The number of rotatable bonds is 4. The molecule has 0 aromatic heterocycles. The number of thioether (sulfide) groups is 1. The van der Waals surface area contributed by atoms with Crippen molar-refractivity contribution in [1.29, 1.82) is 5.26 Å². The van der Waals surface area contributed by atoms with E-state index in [1.165, 1.54) is 4.90 Å². The van der Waals surface area contributed by atoms with Crippen molar-refractivity contribution in [2.75, 3.05) is 5.75 Å². The lowest BCUT2D eigenvalue weighted by atomic mass is 10.1. The fourth-order valence-corrected chi connectivity index (χ4v) is 2.13. The minimum absolute atomic E-state index is 0.149. The molecular formula is C11H12ClNS. The summed E-state index contributed by atoms with van der Waals surface area (Å²) in [5, 5.41) is 9.52. The quantitative estimate of drug-likeness (QED) is 0.724. The first-order chi connectivity index (χ1) is 6.76. The molecule has 1 aromatic rings. The maximum absolute atomic E-state index is 8.76. The summed E-state index contributed by atoms with van der Waals surface area (Å²) >= 11 is 7.47. The van der Waals surface area contributed by atoms with Gasteiger partial charge in [0.1, 0.15) is 0 Å². The average molecular weight is 226 g/mol. The van der Waals surface area contributed by atoms with Crippen LogP contribution in [0.15, 0.2) is 29.2 Å². The Morgan fingerprint density at radius 3 is 2.57 bits per heavy atom. The minimum atomic E-state index is 0.149. The molecule has 1 aromatic carbocycles. The predicted octanol–water partition coefficient (Wildman–Crippen LogP) is 3.98. The van der Waals surface area contributed by atoms with Crippen LogP contribution in [0.2, 0.25) is 5.02 Å². The van der Waals surface area contributed by atoms with Crippen molar-refractivity contribution in [3.63, 3.8) is 0 Å². The van der Waals surface area contributed by atoms with E-state index in [0.717, 1.165) is 17.2 Å². The first-order valence-corrected chi connectivity index (χ1v) is 5.90. The fourth-order valence-electron chi connectivity index (χ4n) is 0.974. The summed E-state index contributed by atoms with van der Waals surface area (Å²) < 4.78 is 0. The van der Waals surface area contributed by atoms with E-state index in [2.05, 4.69) is 6.07 Å². The van der Waals surface area contributed by atoms with Crippen LogP contribution in [0.5, 0.6) is 0 Å². The molecule has 1 unspecified atom stereocenters. The molecule has 0 amide bonds. The molecule has 14 heavy (non-hydrogen) atoms. The van der Waals surface area contributed by atoms with Crippen molar-refractivity contribution in [1.82, 2.24) is 0 Å². The average Bonchev–Trinajstić information content (AvgIpc) is 2.22.